The van der Waals surface area contributed by atoms with Gasteiger partial charge in [0.1, 0.15) is 18.2 Å². The Labute approximate surface area is 116 Å². The highest BCUT2D eigenvalue weighted by molar-refractivity contribution is 5.49. The summed E-state index contributed by atoms with van der Waals surface area (Å²) in [5.74, 6) is 2.59. The van der Waals surface area contributed by atoms with Crippen molar-refractivity contribution in [3.05, 3.63) is 11.9 Å². The van der Waals surface area contributed by atoms with Gasteiger partial charge in [0.05, 0.1) is 0 Å². The van der Waals surface area contributed by atoms with Crippen LogP contribution in [0, 0.1) is 0 Å². The van der Waals surface area contributed by atoms with Crippen LogP contribution in [0.25, 0.3) is 0 Å². The minimum Gasteiger partial charge on any atom is -0.374 e. The maximum atomic E-state index is 5.41. The molecule has 0 aromatic carbocycles. The van der Waals surface area contributed by atoms with Crippen molar-refractivity contribution in [2.45, 2.75) is 40.7 Å². The number of rotatable bonds is 9. The molecule has 0 spiro atoms. The van der Waals surface area contributed by atoms with Gasteiger partial charge in [0.25, 0.3) is 0 Å². The molecule has 1 rings (SSSR count). The largest absolute Gasteiger partial charge is 0.374 e. The number of nitrogens with zero attached hydrogens (tertiary/aromatic N) is 3. The fraction of sp³-hybridized carbons (Fsp3) is 0.714. The first-order valence-corrected chi connectivity index (χ1v) is 7.19. The fourth-order valence-corrected chi connectivity index (χ4v) is 1.88. The zero-order valence-corrected chi connectivity index (χ0v) is 12.6. The van der Waals surface area contributed by atoms with Crippen LogP contribution in [0.1, 0.15) is 39.9 Å². The van der Waals surface area contributed by atoms with Crippen LogP contribution in [0.4, 0.5) is 11.6 Å². The van der Waals surface area contributed by atoms with Gasteiger partial charge >= 0.3 is 0 Å². The number of hydrogen-bond donors (Lipinski definition) is 1. The maximum Gasteiger partial charge on any atom is 0.158 e. The van der Waals surface area contributed by atoms with Gasteiger partial charge in [0.15, 0.2) is 5.82 Å². The second kappa shape index (κ2) is 8.69. The van der Waals surface area contributed by atoms with E-state index in [0.717, 1.165) is 43.5 Å². The van der Waals surface area contributed by atoms with Gasteiger partial charge in [-0.1, -0.05) is 6.92 Å². The SMILES string of the molecule is CCCN(CC)c1cc(NCC)nc(COCC)n1. The molecule has 1 N–H and O–H groups in total. The Morgan fingerprint density at radius 1 is 1.21 bits per heavy atom. The van der Waals surface area contributed by atoms with Gasteiger partial charge < -0.3 is 15.0 Å². The van der Waals surface area contributed by atoms with Crippen molar-refractivity contribution >= 4 is 11.6 Å². The van der Waals surface area contributed by atoms with Gasteiger partial charge in [0, 0.05) is 32.3 Å². The van der Waals surface area contributed by atoms with Crippen molar-refractivity contribution in [3.8, 4) is 0 Å². The maximum absolute atomic E-state index is 5.41. The van der Waals surface area contributed by atoms with Gasteiger partial charge in [-0.25, -0.2) is 9.97 Å². The minimum atomic E-state index is 0.465. The van der Waals surface area contributed by atoms with Gasteiger partial charge in [-0.2, -0.15) is 0 Å². The second-order valence-electron chi connectivity index (χ2n) is 4.27. The van der Waals surface area contributed by atoms with E-state index in [1.54, 1.807) is 0 Å². The van der Waals surface area contributed by atoms with Crippen molar-refractivity contribution in [3.63, 3.8) is 0 Å². The summed E-state index contributed by atoms with van der Waals surface area (Å²) in [5.41, 5.74) is 0. The Bertz CT molecular complexity index is 370. The molecule has 0 unspecified atom stereocenters. The second-order valence-corrected chi connectivity index (χ2v) is 4.27. The summed E-state index contributed by atoms with van der Waals surface area (Å²) in [5, 5.41) is 3.25. The van der Waals surface area contributed by atoms with Crippen molar-refractivity contribution < 1.29 is 4.74 Å². The molecule has 0 saturated carbocycles. The van der Waals surface area contributed by atoms with Gasteiger partial charge in [-0.3, -0.25) is 0 Å². The quantitative estimate of drug-likeness (QED) is 0.744. The van der Waals surface area contributed by atoms with Crippen LogP contribution in [0.3, 0.4) is 0 Å². The first-order valence-electron chi connectivity index (χ1n) is 7.19. The third-order valence-electron chi connectivity index (χ3n) is 2.75. The molecule has 0 saturated heterocycles. The molecule has 19 heavy (non-hydrogen) atoms. The highest BCUT2D eigenvalue weighted by atomic mass is 16.5. The van der Waals surface area contributed by atoms with E-state index in [0.29, 0.717) is 13.2 Å². The topological polar surface area (TPSA) is 50.3 Å². The molecule has 5 heteroatoms. The van der Waals surface area contributed by atoms with E-state index in [-0.39, 0.29) is 0 Å². The lowest BCUT2D eigenvalue weighted by molar-refractivity contribution is 0.128. The van der Waals surface area contributed by atoms with Crippen molar-refractivity contribution in [2.24, 2.45) is 0 Å². The first-order chi connectivity index (χ1) is 9.24. The molecule has 0 fully saturated rings. The molecule has 0 amide bonds. The summed E-state index contributed by atoms with van der Waals surface area (Å²) in [6.07, 6.45) is 1.11. The molecule has 108 valence electrons. The Balaban J connectivity index is 2.96. The predicted octanol–water partition coefficient (Wildman–Crippen LogP) is 2.68. The van der Waals surface area contributed by atoms with E-state index in [2.05, 4.69) is 41.0 Å². The Morgan fingerprint density at radius 3 is 2.58 bits per heavy atom. The molecular formula is C14H26N4O. The van der Waals surface area contributed by atoms with Gasteiger partial charge in [-0.05, 0) is 27.2 Å². The minimum absolute atomic E-state index is 0.465. The Morgan fingerprint density at radius 2 is 2.00 bits per heavy atom. The average Bonchev–Trinajstić information content (AvgIpc) is 2.42. The molecule has 1 heterocycles. The van der Waals surface area contributed by atoms with E-state index >= 15 is 0 Å². The van der Waals surface area contributed by atoms with E-state index in [9.17, 15) is 0 Å². The summed E-state index contributed by atoms with van der Waals surface area (Å²) in [4.78, 5) is 11.3. The van der Waals surface area contributed by atoms with E-state index < -0.39 is 0 Å². The zero-order chi connectivity index (χ0) is 14.1. The monoisotopic (exact) mass is 266 g/mol. The summed E-state index contributed by atoms with van der Waals surface area (Å²) < 4.78 is 5.41. The standard InChI is InChI=1S/C14H26N4O/c1-5-9-18(7-3)14-10-12(15-6-2)16-13(17-14)11-19-8-4/h10H,5-9,11H2,1-4H3,(H,15,16,17). The molecule has 0 aliphatic heterocycles. The lowest BCUT2D eigenvalue weighted by Crippen LogP contribution is -2.25. The van der Waals surface area contributed by atoms with Crippen LogP contribution in [-0.2, 0) is 11.3 Å². The van der Waals surface area contributed by atoms with Crippen molar-refractivity contribution in [1.29, 1.82) is 0 Å². The number of nitrogens with one attached hydrogen (secondary N) is 1. The van der Waals surface area contributed by atoms with Gasteiger partial charge in [-0.15, -0.1) is 0 Å². The number of hydrogen-bond acceptors (Lipinski definition) is 5. The van der Waals surface area contributed by atoms with Gasteiger partial charge in [0.2, 0.25) is 0 Å². The van der Waals surface area contributed by atoms with Crippen molar-refractivity contribution in [1.82, 2.24) is 9.97 Å². The average molecular weight is 266 g/mol. The molecule has 1 aromatic heterocycles. The van der Waals surface area contributed by atoms with E-state index in [4.69, 9.17) is 4.74 Å². The molecule has 0 aliphatic carbocycles. The molecule has 1 aromatic rings. The lowest BCUT2D eigenvalue weighted by atomic mass is 10.3. The summed E-state index contributed by atoms with van der Waals surface area (Å²) in [6, 6.07) is 2.01. The number of anilines is 2. The van der Waals surface area contributed by atoms with Crippen LogP contribution in [0.2, 0.25) is 0 Å². The van der Waals surface area contributed by atoms with Crippen LogP contribution in [0.15, 0.2) is 6.07 Å². The summed E-state index contributed by atoms with van der Waals surface area (Å²) in [6.45, 7) is 12.3. The van der Waals surface area contributed by atoms with Crippen LogP contribution < -0.4 is 10.2 Å². The summed E-state index contributed by atoms with van der Waals surface area (Å²) in [7, 11) is 0. The number of ether oxygens (including phenoxy) is 1. The molecule has 5 nitrogen and oxygen atoms in total. The smallest absolute Gasteiger partial charge is 0.158 e. The van der Waals surface area contributed by atoms with Crippen LogP contribution >= 0.6 is 0 Å². The Hall–Kier alpha value is -1.36. The lowest BCUT2D eigenvalue weighted by Gasteiger charge is -2.22. The molecule has 0 aliphatic rings. The number of aromatic nitrogens is 2. The Kier molecular flexibility index (Phi) is 7.18. The highest BCUT2D eigenvalue weighted by Crippen LogP contribution is 2.16. The molecule has 0 atom stereocenters. The predicted molar refractivity (Wildman–Crippen MR) is 79.7 cm³/mol. The molecular weight excluding hydrogens is 240 g/mol. The normalized spacial score (nSPS) is 10.5. The van der Waals surface area contributed by atoms with Crippen molar-refractivity contribution in [2.75, 3.05) is 36.5 Å². The molecule has 0 bridgehead atoms. The van der Waals surface area contributed by atoms with Crippen LogP contribution in [0.5, 0.6) is 0 Å². The van der Waals surface area contributed by atoms with E-state index in [1.165, 1.54) is 0 Å². The third-order valence-corrected chi connectivity index (χ3v) is 2.75. The van der Waals surface area contributed by atoms with E-state index in [1.807, 2.05) is 13.0 Å². The first kappa shape index (κ1) is 15.7. The fourth-order valence-electron chi connectivity index (χ4n) is 1.88. The third kappa shape index (κ3) is 5.03. The highest BCUT2D eigenvalue weighted by Gasteiger charge is 2.09. The summed E-state index contributed by atoms with van der Waals surface area (Å²) >= 11 is 0. The molecule has 0 radical (unpaired) electrons. The van der Waals surface area contributed by atoms with Crippen LogP contribution in [-0.4, -0.2) is 36.2 Å². The zero-order valence-electron chi connectivity index (χ0n) is 12.6.